The number of esters is 1. The Morgan fingerprint density at radius 2 is 1.73 bits per heavy atom. The van der Waals surface area contributed by atoms with E-state index in [1.165, 1.54) is 0 Å². The van der Waals surface area contributed by atoms with Crippen LogP contribution in [0.25, 0.3) is 0 Å². The third-order valence-corrected chi connectivity index (χ3v) is 4.55. The molecule has 2 atom stereocenters. The maximum absolute atomic E-state index is 12.4. The van der Waals surface area contributed by atoms with Gasteiger partial charge in [-0.05, 0) is 48.6 Å². The van der Waals surface area contributed by atoms with Gasteiger partial charge in [0.15, 0.2) is 6.10 Å². The van der Waals surface area contributed by atoms with Crippen molar-refractivity contribution in [2.45, 2.75) is 45.6 Å². The monoisotopic (exact) mass is 373 g/mol. The summed E-state index contributed by atoms with van der Waals surface area (Å²) in [7, 11) is 0. The van der Waals surface area contributed by atoms with Crippen LogP contribution in [-0.2, 0) is 20.7 Å². The second-order valence-corrected chi connectivity index (χ2v) is 6.76. The number of anilines is 1. The number of hydrogen-bond acceptors (Lipinski definition) is 3. The summed E-state index contributed by atoms with van der Waals surface area (Å²) in [4.78, 5) is 24.5. The predicted octanol–water partition coefficient (Wildman–Crippen LogP) is 4.97. The van der Waals surface area contributed by atoms with Crippen molar-refractivity contribution in [2.75, 3.05) is 5.32 Å². The van der Waals surface area contributed by atoms with Gasteiger partial charge in [-0.25, -0.2) is 0 Å². The van der Waals surface area contributed by atoms with Crippen LogP contribution in [0.2, 0.25) is 5.02 Å². The smallest absolute Gasteiger partial charge is 0.311 e. The number of nitrogens with one attached hydrogen (secondary N) is 1. The number of benzene rings is 2. The highest BCUT2D eigenvalue weighted by Crippen LogP contribution is 2.26. The number of carbonyl (C=O) groups is 2. The quantitative estimate of drug-likeness (QED) is 0.697. The molecule has 1 amide bonds. The van der Waals surface area contributed by atoms with Crippen molar-refractivity contribution in [3.8, 4) is 0 Å². The minimum absolute atomic E-state index is 0.0955. The highest BCUT2D eigenvalue weighted by Gasteiger charge is 2.20. The molecule has 0 saturated carbocycles. The van der Waals surface area contributed by atoms with Crippen LogP contribution in [0.15, 0.2) is 48.5 Å². The highest BCUT2D eigenvalue weighted by atomic mass is 35.5. The van der Waals surface area contributed by atoms with Gasteiger partial charge >= 0.3 is 5.97 Å². The lowest BCUT2D eigenvalue weighted by molar-refractivity contribution is -0.152. The summed E-state index contributed by atoms with van der Waals surface area (Å²) in [5, 5.41) is 3.47. The molecule has 0 radical (unpaired) electrons. The van der Waals surface area contributed by atoms with E-state index in [9.17, 15) is 9.59 Å². The molecule has 2 aromatic rings. The topological polar surface area (TPSA) is 55.4 Å². The molecule has 0 aliphatic heterocycles. The van der Waals surface area contributed by atoms with Crippen molar-refractivity contribution < 1.29 is 14.3 Å². The van der Waals surface area contributed by atoms with Crippen LogP contribution in [0.4, 0.5) is 5.69 Å². The van der Waals surface area contributed by atoms with E-state index < -0.39 is 12.1 Å². The van der Waals surface area contributed by atoms with Crippen molar-refractivity contribution in [1.29, 1.82) is 0 Å². The average Bonchev–Trinajstić information content (AvgIpc) is 2.63. The van der Waals surface area contributed by atoms with Gasteiger partial charge in [-0.2, -0.15) is 0 Å². The molecule has 0 spiro atoms. The highest BCUT2D eigenvalue weighted by molar-refractivity contribution is 6.30. The van der Waals surface area contributed by atoms with Crippen molar-refractivity contribution in [3.05, 3.63) is 64.7 Å². The average molecular weight is 374 g/mol. The summed E-state index contributed by atoms with van der Waals surface area (Å²) >= 11 is 5.83. The van der Waals surface area contributed by atoms with Crippen LogP contribution in [0.3, 0.4) is 0 Å². The summed E-state index contributed by atoms with van der Waals surface area (Å²) < 4.78 is 5.26. The van der Waals surface area contributed by atoms with Gasteiger partial charge < -0.3 is 10.1 Å². The van der Waals surface area contributed by atoms with Crippen LogP contribution in [0, 0.1) is 0 Å². The van der Waals surface area contributed by atoms with Gasteiger partial charge in [0, 0.05) is 10.7 Å². The summed E-state index contributed by atoms with van der Waals surface area (Å²) in [5.74, 6) is -0.468. The van der Waals surface area contributed by atoms with Gasteiger partial charge in [0.1, 0.15) is 0 Å². The molecule has 138 valence electrons. The first-order valence-electron chi connectivity index (χ1n) is 8.74. The van der Waals surface area contributed by atoms with Gasteiger partial charge in [0.05, 0.1) is 6.42 Å². The first kappa shape index (κ1) is 20.0. The van der Waals surface area contributed by atoms with Crippen molar-refractivity contribution in [1.82, 2.24) is 0 Å². The molecule has 0 unspecified atom stereocenters. The zero-order valence-electron chi connectivity index (χ0n) is 15.3. The second-order valence-electron chi connectivity index (χ2n) is 6.32. The van der Waals surface area contributed by atoms with E-state index in [1.807, 2.05) is 24.3 Å². The van der Waals surface area contributed by atoms with E-state index in [0.29, 0.717) is 10.9 Å². The summed E-state index contributed by atoms with van der Waals surface area (Å²) in [6.45, 7) is 5.78. The van der Waals surface area contributed by atoms with Crippen molar-refractivity contribution in [2.24, 2.45) is 0 Å². The largest absolute Gasteiger partial charge is 0.452 e. The number of halogens is 1. The lowest BCUT2D eigenvalue weighted by Gasteiger charge is -2.18. The van der Waals surface area contributed by atoms with Gasteiger partial charge in [-0.15, -0.1) is 0 Å². The Balaban J connectivity index is 1.95. The standard InChI is InChI=1S/C21H24ClNO3/c1-4-14(2)18-7-5-6-8-19(18)23-21(25)15(3)26-20(24)13-16-9-11-17(22)12-10-16/h5-12,14-15H,4,13H2,1-3H3,(H,23,25)/t14-,15-/m0/s1. The third-order valence-electron chi connectivity index (χ3n) is 4.30. The van der Waals surface area contributed by atoms with E-state index in [0.717, 1.165) is 23.2 Å². The van der Waals surface area contributed by atoms with Crippen LogP contribution in [0.5, 0.6) is 0 Å². The van der Waals surface area contributed by atoms with Crippen molar-refractivity contribution >= 4 is 29.2 Å². The molecule has 0 aliphatic carbocycles. The van der Waals surface area contributed by atoms with Crippen LogP contribution >= 0.6 is 11.6 Å². The van der Waals surface area contributed by atoms with Crippen LogP contribution in [-0.4, -0.2) is 18.0 Å². The molecule has 0 aromatic heterocycles. The predicted molar refractivity (Wildman–Crippen MR) is 104 cm³/mol. The second kappa shape index (κ2) is 9.39. The Morgan fingerprint density at radius 1 is 1.08 bits per heavy atom. The molecule has 4 nitrogen and oxygen atoms in total. The number of ether oxygens (including phenoxy) is 1. The molecule has 0 fully saturated rings. The van der Waals surface area contributed by atoms with E-state index in [1.54, 1.807) is 31.2 Å². The zero-order chi connectivity index (χ0) is 19.1. The maximum Gasteiger partial charge on any atom is 0.311 e. The molecular formula is C21H24ClNO3. The molecule has 2 aromatic carbocycles. The Hall–Kier alpha value is -2.33. The van der Waals surface area contributed by atoms with E-state index >= 15 is 0 Å². The lowest BCUT2D eigenvalue weighted by Crippen LogP contribution is -2.30. The Kier molecular flexibility index (Phi) is 7.22. The molecule has 1 N–H and O–H groups in total. The summed E-state index contributed by atoms with van der Waals surface area (Å²) in [6.07, 6.45) is 0.191. The molecule has 0 heterocycles. The molecule has 0 bridgehead atoms. The number of amides is 1. The van der Waals surface area contributed by atoms with Crippen LogP contribution in [0.1, 0.15) is 44.2 Å². The van der Waals surface area contributed by atoms with E-state index in [4.69, 9.17) is 16.3 Å². The Labute approximate surface area is 159 Å². The molecule has 5 heteroatoms. The van der Waals surface area contributed by atoms with Gasteiger partial charge in [0.25, 0.3) is 5.91 Å². The zero-order valence-corrected chi connectivity index (χ0v) is 16.0. The minimum Gasteiger partial charge on any atom is -0.452 e. The van der Waals surface area contributed by atoms with E-state index in [-0.39, 0.29) is 12.3 Å². The number of hydrogen-bond donors (Lipinski definition) is 1. The third kappa shape index (κ3) is 5.60. The Morgan fingerprint density at radius 3 is 2.38 bits per heavy atom. The Bertz CT molecular complexity index is 758. The van der Waals surface area contributed by atoms with Gasteiger partial charge in [-0.3, -0.25) is 9.59 Å². The number of para-hydroxylation sites is 1. The number of carbonyl (C=O) groups excluding carboxylic acids is 2. The molecule has 0 saturated heterocycles. The lowest BCUT2D eigenvalue weighted by atomic mass is 9.97. The molecule has 26 heavy (non-hydrogen) atoms. The van der Waals surface area contributed by atoms with Crippen LogP contribution < -0.4 is 5.32 Å². The molecule has 2 rings (SSSR count). The minimum atomic E-state index is -0.875. The fraction of sp³-hybridized carbons (Fsp3) is 0.333. The normalized spacial score (nSPS) is 12.9. The summed E-state index contributed by atoms with van der Waals surface area (Å²) in [5.41, 5.74) is 2.62. The fourth-order valence-electron chi connectivity index (χ4n) is 2.56. The SMILES string of the molecule is CC[C@H](C)c1ccccc1NC(=O)[C@H](C)OC(=O)Cc1ccc(Cl)cc1. The maximum atomic E-state index is 12.4. The summed E-state index contributed by atoms with van der Waals surface area (Å²) in [6, 6.07) is 14.6. The van der Waals surface area contributed by atoms with Gasteiger partial charge in [0.2, 0.25) is 0 Å². The number of rotatable bonds is 7. The molecular weight excluding hydrogens is 350 g/mol. The first-order chi connectivity index (χ1) is 12.4. The van der Waals surface area contributed by atoms with Gasteiger partial charge in [-0.1, -0.05) is 55.8 Å². The first-order valence-corrected chi connectivity index (χ1v) is 9.12. The molecule has 0 aliphatic rings. The van der Waals surface area contributed by atoms with E-state index in [2.05, 4.69) is 19.2 Å². The van der Waals surface area contributed by atoms with Crippen molar-refractivity contribution in [3.63, 3.8) is 0 Å². The fourth-order valence-corrected chi connectivity index (χ4v) is 2.68.